The molecular formula is C15H17BrN2O2S. The molecule has 0 atom stereocenters. The third kappa shape index (κ3) is 5.24. The zero-order chi connectivity index (χ0) is 15.3. The molecule has 0 aliphatic rings. The van der Waals surface area contributed by atoms with Crippen LogP contribution in [-0.2, 0) is 23.0 Å². The van der Waals surface area contributed by atoms with E-state index in [0.717, 1.165) is 29.5 Å². The number of nitrogens with one attached hydrogen (secondary N) is 1. The Bertz CT molecular complexity index is 700. The number of benzene rings is 2. The highest BCUT2D eigenvalue weighted by Gasteiger charge is 2.06. The Morgan fingerprint density at radius 1 is 1.05 bits per heavy atom. The van der Waals surface area contributed by atoms with Gasteiger partial charge in [0.05, 0.1) is 4.90 Å². The van der Waals surface area contributed by atoms with Crippen LogP contribution in [0.3, 0.4) is 0 Å². The third-order valence-corrected chi connectivity index (χ3v) is 4.48. The third-order valence-electron chi connectivity index (χ3n) is 3.06. The molecule has 2 aromatic rings. The van der Waals surface area contributed by atoms with Crippen LogP contribution in [0, 0.1) is 0 Å². The number of rotatable bonds is 6. The molecule has 3 N–H and O–H groups in total. The smallest absolute Gasteiger partial charge is 0.238 e. The summed E-state index contributed by atoms with van der Waals surface area (Å²) >= 11 is 3.44. The monoisotopic (exact) mass is 368 g/mol. The highest BCUT2D eigenvalue weighted by atomic mass is 79.9. The molecule has 21 heavy (non-hydrogen) atoms. The molecule has 112 valence electrons. The molecular weight excluding hydrogens is 352 g/mol. The van der Waals surface area contributed by atoms with Crippen molar-refractivity contribution in [2.75, 3.05) is 6.54 Å². The Balaban J connectivity index is 1.81. The maximum Gasteiger partial charge on any atom is 0.238 e. The van der Waals surface area contributed by atoms with Crippen molar-refractivity contribution in [1.29, 1.82) is 0 Å². The van der Waals surface area contributed by atoms with Crippen molar-refractivity contribution >= 4 is 26.0 Å². The molecule has 0 bridgehead atoms. The molecule has 0 radical (unpaired) electrons. The molecule has 0 saturated carbocycles. The predicted molar refractivity (Wildman–Crippen MR) is 87.4 cm³/mol. The number of sulfonamides is 1. The number of primary sulfonamides is 1. The van der Waals surface area contributed by atoms with Crippen molar-refractivity contribution in [2.24, 2.45) is 5.14 Å². The van der Waals surface area contributed by atoms with Gasteiger partial charge in [0.1, 0.15) is 0 Å². The van der Waals surface area contributed by atoms with Gasteiger partial charge in [0, 0.05) is 11.0 Å². The highest BCUT2D eigenvalue weighted by molar-refractivity contribution is 9.10. The van der Waals surface area contributed by atoms with E-state index in [1.807, 2.05) is 12.1 Å². The summed E-state index contributed by atoms with van der Waals surface area (Å²) in [5, 5.41) is 8.42. The van der Waals surface area contributed by atoms with Crippen LogP contribution in [0.2, 0.25) is 0 Å². The number of halogens is 1. The molecule has 0 unspecified atom stereocenters. The predicted octanol–water partition coefficient (Wildman–Crippen LogP) is 2.43. The summed E-state index contributed by atoms with van der Waals surface area (Å²) in [6.07, 6.45) is 0.832. The van der Waals surface area contributed by atoms with Crippen LogP contribution >= 0.6 is 15.9 Å². The maximum atomic E-state index is 11.2. The molecule has 2 rings (SSSR count). The molecule has 0 aliphatic carbocycles. The van der Waals surface area contributed by atoms with Crippen molar-refractivity contribution in [2.45, 2.75) is 17.9 Å². The summed E-state index contributed by atoms with van der Waals surface area (Å²) in [5.41, 5.74) is 2.29. The lowest BCUT2D eigenvalue weighted by atomic mass is 10.1. The van der Waals surface area contributed by atoms with Crippen LogP contribution in [0.1, 0.15) is 11.1 Å². The van der Waals surface area contributed by atoms with Crippen LogP contribution in [0.5, 0.6) is 0 Å². The summed E-state index contributed by atoms with van der Waals surface area (Å²) in [7, 11) is -3.60. The van der Waals surface area contributed by atoms with Crippen molar-refractivity contribution in [3.8, 4) is 0 Å². The van der Waals surface area contributed by atoms with Gasteiger partial charge in [-0.25, -0.2) is 13.6 Å². The first-order chi connectivity index (χ1) is 9.95. The topological polar surface area (TPSA) is 72.2 Å². The quantitative estimate of drug-likeness (QED) is 0.769. The van der Waals surface area contributed by atoms with Crippen LogP contribution < -0.4 is 10.5 Å². The average molecular weight is 369 g/mol. The fraction of sp³-hybridized carbons (Fsp3) is 0.200. The Morgan fingerprint density at radius 2 is 1.76 bits per heavy atom. The van der Waals surface area contributed by atoms with E-state index >= 15 is 0 Å². The zero-order valence-electron chi connectivity index (χ0n) is 11.4. The van der Waals surface area contributed by atoms with Gasteiger partial charge in [-0.1, -0.05) is 40.2 Å². The zero-order valence-corrected chi connectivity index (χ0v) is 13.8. The number of nitrogens with two attached hydrogens (primary N) is 1. The summed E-state index contributed by atoms with van der Waals surface area (Å²) in [6.45, 7) is 1.62. The first-order valence-electron chi connectivity index (χ1n) is 6.52. The van der Waals surface area contributed by atoms with Crippen molar-refractivity contribution in [3.05, 3.63) is 64.1 Å². The second-order valence-corrected chi connectivity index (χ2v) is 7.22. The summed E-state index contributed by atoms with van der Waals surface area (Å²) in [4.78, 5) is 0.147. The molecule has 4 nitrogen and oxygen atoms in total. The minimum absolute atomic E-state index is 0.147. The average Bonchev–Trinajstić information content (AvgIpc) is 2.43. The minimum Gasteiger partial charge on any atom is -0.312 e. The second kappa shape index (κ2) is 7.17. The van der Waals surface area contributed by atoms with Crippen LogP contribution in [0.4, 0.5) is 0 Å². The molecule has 2 aromatic carbocycles. The van der Waals surface area contributed by atoms with Gasteiger partial charge < -0.3 is 5.32 Å². The summed E-state index contributed by atoms with van der Waals surface area (Å²) in [6, 6.07) is 14.8. The molecule has 0 heterocycles. The minimum atomic E-state index is -3.60. The first-order valence-corrected chi connectivity index (χ1v) is 8.86. The van der Waals surface area contributed by atoms with Crippen molar-refractivity contribution in [3.63, 3.8) is 0 Å². The largest absolute Gasteiger partial charge is 0.312 e. The van der Waals surface area contributed by atoms with Gasteiger partial charge in [-0.2, -0.15) is 0 Å². The molecule has 0 aromatic heterocycles. The summed E-state index contributed by atoms with van der Waals surface area (Å²) in [5.74, 6) is 0. The molecule has 6 heteroatoms. The van der Waals surface area contributed by atoms with Gasteiger partial charge in [0.2, 0.25) is 10.0 Å². The standard InChI is InChI=1S/C15H17BrN2O2S/c16-14-3-1-2-13(10-14)11-18-9-8-12-4-6-15(7-5-12)21(17,19)20/h1-7,10,18H,8-9,11H2,(H2,17,19,20). The van der Waals surface area contributed by atoms with E-state index in [4.69, 9.17) is 5.14 Å². The molecule has 0 amide bonds. The van der Waals surface area contributed by atoms with E-state index < -0.39 is 10.0 Å². The Labute approximate surface area is 133 Å². The maximum absolute atomic E-state index is 11.2. The first kappa shape index (κ1) is 16.2. The Morgan fingerprint density at radius 3 is 2.38 bits per heavy atom. The van der Waals surface area contributed by atoms with Crippen LogP contribution in [0.25, 0.3) is 0 Å². The lowest BCUT2D eigenvalue weighted by Crippen LogP contribution is -2.17. The van der Waals surface area contributed by atoms with E-state index in [1.165, 1.54) is 5.56 Å². The SMILES string of the molecule is NS(=O)(=O)c1ccc(CCNCc2cccc(Br)c2)cc1. The van der Waals surface area contributed by atoms with E-state index in [0.29, 0.717) is 0 Å². The van der Waals surface area contributed by atoms with Gasteiger partial charge in [0.25, 0.3) is 0 Å². The van der Waals surface area contributed by atoms with Gasteiger partial charge in [-0.05, 0) is 48.4 Å². The molecule has 0 saturated heterocycles. The van der Waals surface area contributed by atoms with Crippen LogP contribution in [0.15, 0.2) is 57.9 Å². The molecule has 0 fully saturated rings. The van der Waals surface area contributed by atoms with Gasteiger partial charge >= 0.3 is 0 Å². The number of hydrogen-bond acceptors (Lipinski definition) is 3. The highest BCUT2D eigenvalue weighted by Crippen LogP contribution is 2.11. The fourth-order valence-electron chi connectivity index (χ4n) is 1.96. The molecule has 0 spiro atoms. The second-order valence-electron chi connectivity index (χ2n) is 4.75. The van der Waals surface area contributed by atoms with Crippen molar-refractivity contribution < 1.29 is 8.42 Å². The Hall–Kier alpha value is -1.21. The lowest BCUT2D eigenvalue weighted by Gasteiger charge is -2.06. The number of hydrogen-bond donors (Lipinski definition) is 2. The normalized spacial score (nSPS) is 11.5. The van der Waals surface area contributed by atoms with E-state index in [1.54, 1.807) is 24.3 Å². The van der Waals surface area contributed by atoms with E-state index in [-0.39, 0.29) is 4.90 Å². The van der Waals surface area contributed by atoms with Crippen LogP contribution in [-0.4, -0.2) is 15.0 Å². The fourth-order valence-corrected chi connectivity index (χ4v) is 2.92. The van der Waals surface area contributed by atoms with Gasteiger partial charge in [0.15, 0.2) is 0 Å². The van der Waals surface area contributed by atoms with E-state index in [2.05, 4.69) is 33.4 Å². The molecule has 0 aliphatic heterocycles. The van der Waals surface area contributed by atoms with Gasteiger partial charge in [-0.15, -0.1) is 0 Å². The Kier molecular flexibility index (Phi) is 5.52. The lowest BCUT2D eigenvalue weighted by molar-refractivity contribution is 0.597. The van der Waals surface area contributed by atoms with Crippen molar-refractivity contribution in [1.82, 2.24) is 5.32 Å². The van der Waals surface area contributed by atoms with E-state index in [9.17, 15) is 8.42 Å². The summed E-state index contributed by atoms with van der Waals surface area (Å²) < 4.78 is 23.4. The van der Waals surface area contributed by atoms with Gasteiger partial charge in [-0.3, -0.25) is 0 Å².